The first-order valence-corrected chi connectivity index (χ1v) is 13.8. The molecule has 34 heavy (non-hydrogen) atoms. The number of carbonyl (C=O) groups is 2. The van der Waals surface area contributed by atoms with Crippen LogP contribution >= 0.6 is 0 Å². The average molecular weight is 486 g/mol. The van der Waals surface area contributed by atoms with Gasteiger partial charge in [0.15, 0.2) is 0 Å². The van der Waals surface area contributed by atoms with Gasteiger partial charge in [-0.05, 0) is 24.7 Å². The molecule has 0 aromatic rings. The zero-order valence-corrected chi connectivity index (χ0v) is 22.7. The Bertz CT molecular complexity index is 486. The average Bonchev–Trinajstić information content (AvgIpc) is 2.78. The zero-order chi connectivity index (χ0) is 25.4. The van der Waals surface area contributed by atoms with Crippen LogP contribution < -0.4 is 16.4 Å². The Morgan fingerprint density at radius 1 is 0.735 bits per heavy atom. The molecule has 1 atom stereocenters. The summed E-state index contributed by atoms with van der Waals surface area (Å²) in [6.07, 6.45) is 13.6. The zero-order valence-electron chi connectivity index (χ0n) is 22.7. The van der Waals surface area contributed by atoms with Crippen molar-refractivity contribution >= 4 is 11.8 Å². The number of hydrogen-bond acceptors (Lipinski definition) is 5. The van der Waals surface area contributed by atoms with E-state index in [4.69, 9.17) is 15.2 Å². The van der Waals surface area contributed by atoms with Crippen LogP contribution in [0.4, 0.5) is 0 Å². The first-order chi connectivity index (χ1) is 16.4. The predicted octanol–water partition coefficient (Wildman–Crippen LogP) is 4.57. The fraction of sp³-hybridized carbons (Fsp3) is 0.926. The molecule has 0 saturated heterocycles. The van der Waals surface area contributed by atoms with Crippen LogP contribution in [-0.2, 0) is 19.1 Å². The lowest BCUT2D eigenvalue weighted by Crippen LogP contribution is -2.48. The summed E-state index contributed by atoms with van der Waals surface area (Å²) in [5.41, 5.74) is 5.35. The van der Waals surface area contributed by atoms with Crippen molar-refractivity contribution in [2.75, 3.05) is 39.5 Å². The first kappa shape index (κ1) is 32.8. The van der Waals surface area contributed by atoms with Crippen LogP contribution in [0.2, 0.25) is 0 Å². The first-order valence-electron chi connectivity index (χ1n) is 13.8. The minimum Gasteiger partial charge on any atom is -0.378 e. The van der Waals surface area contributed by atoms with Crippen LogP contribution in [0.5, 0.6) is 0 Å². The molecule has 0 aromatic heterocycles. The third-order valence-corrected chi connectivity index (χ3v) is 5.72. The number of amides is 2. The number of carbonyl (C=O) groups excluding carboxylic acids is 2. The third kappa shape index (κ3) is 22.6. The van der Waals surface area contributed by atoms with Crippen LogP contribution in [0.25, 0.3) is 0 Å². The molecule has 0 heterocycles. The van der Waals surface area contributed by atoms with Gasteiger partial charge in [0.2, 0.25) is 11.8 Å². The van der Waals surface area contributed by atoms with Crippen molar-refractivity contribution in [2.24, 2.45) is 17.6 Å². The van der Waals surface area contributed by atoms with E-state index < -0.39 is 6.04 Å². The molecule has 0 rings (SSSR count). The molecule has 0 radical (unpaired) electrons. The van der Waals surface area contributed by atoms with Gasteiger partial charge in [0.05, 0.1) is 26.4 Å². The van der Waals surface area contributed by atoms with E-state index in [2.05, 4.69) is 38.3 Å². The normalized spacial score (nSPS) is 12.3. The monoisotopic (exact) mass is 485 g/mol. The predicted molar refractivity (Wildman–Crippen MR) is 141 cm³/mol. The molecule has 4 N–H and O–H groups in total. The molecule has 0 saturated carbocycles. The minimum atomic E-state index is -0.490. The second-order valence-electron chi connectivity index (χ2n) is 10.2. The Balaban J connectivity index is 3.88. The number of hydrogen-bond donors (Lipinski definition) is 3. The van der Waals surface area contributed by atoms with Gasteiger partial charge < -0.3 is 25.8 Å². The smallest absolute Gasteiger partial charge is 0.242 e. The lowest BCUT2D eigenvalue weighted by Gasteiger charge is -2.20. The number of rotatable bonds is 24. The Labute approximate surface area is 209 Å². The van der Waals surface area contributed by atoms with Crippen LogP contribution in [0.1, 0.15) is 105 Å². The summed E-state index contributed by atoms with van der Waals surface area (Å²) >= 11 is 0. The molecule has 0 spiro atoms. The Morgan fingerprint density at radius 3 is 1.85 bits per heavy atom. The molecular formula is C27H55N3O4. The molecule has 1 unspecified atom stereocenters. The van der Waals surface area contributed by atoms with Gasteiger partial charge in [-0.1, -0.05) is 85.5 Å². The minimum absolute atomic E-state index is 0.0285. The van der Waals surface area contributed by atoms with Crippen molar-refractivity contribution in [3.63, 3.8) is 0 Å². The van der Waals surface area contributed by atoms with Crippen LogP contribution in [-0.4, -0.2) is 57.4 Å². The van der Waals surface area contributed by atoms with Gasteiger partial charge in [0, 0.05) is 19.5 Å². The lowest BCUT2D eigenvalue weighted by atomic mass is 10.0. The molecule has 2 amide bonds. The Morgan fingerprint density at radius 2 is 1.29 bits per heavy atom. The number of ether oxygens (including phenoxy) is 2. The number of unbranched alkanes of at least 4 members (excludes halogenated alkanes) is 8. The fourth-order valence-electron chi connectivity index (χ4n) is 3.82. The van der Waals surface area contributed by atoms with E-state index in [0.29, 0.717) is 58.3 Å². The SMILES string of the molecule is CC(C)CCCCCCCCCCCC(=O)NC(CC(C)C)C(=O)NCCOCCOCCN. The quantitative estimate of drug-likeness (QED) is 0.174. The van der Waals surface area contributed by atoms with Gasteiger partial charge in [0.25, 0.3) is 0 Å². The molecule has 7 heteroatoms. The lowest BCUT2D eigenvalue weighted by molar-refractivity contribution is -0.129. The summed E-state index contributed by atoms with van der Waals surface area (Å²) in [6.45, 7) is 11.5. The van der Waals surface area contributed by atoms with E-state index in [1.165, 1.54) is 51.4 Å². The summed E-state index contributed by atoms with van der Waals surface area (Å²) in [6, 6.07) is -0.490. The van der Waals surface area contributed by atoms with Crippen molar-refractivity contribution in [3.8, 4) is 0 Å². The van der Waals surface area contributed by atoms with E-state index >= 15 is 0 Å². The van der Waals surface area contributed by atoms with Gasteiger partial charge in [-0.25, -0.2) is 0 Å². The maximum atomic E-state index is 12.5. The van der Waals surface area contributed by atoms with Crippen molar-refractivity contribution in [1.82, 2.24) is 10.6 Å². The van der Waals surface area contributed by atoms with Gasteiger partial charge in [-0.2, -0.15) is 0 Å². The summed E-state index contributed by atoms with van der Waals surface area (Å²) < 4.78 is 10.7. The second kappa shape index (κ2) is 23.6. The molecule has 7 nitrogen and oxygen atoms in total. The summed E-state index contributed by atoms with van der Waals surface area (Å²) in [5.74, 6) is 0.972. The van der Waals surface area contributed by atoms with Gasteiger partial charge in [0.1, 0.15) is 6.04 Å². The number of nitrogens with one attached hydrogen (secondary N) is 2. The Hall–Kier alpha value is -1.18. The summed E-state index contributed by atoms with van der Waals surface area (Å²) in [4.78, 5) is 24.9. The molecule has 0 aliphatic heterocycles. The third-order valence-electron chi connectivity index (χ3n) is 5.72. The highest BCUT2D eigenvalue weighted by Gasteiger charge is 2.21. The highest BCUT2D eigenvalue weighted by Crippen LogP contribution is 2.13. The molecule has 0 bridgehead atoms. The van der Waals surface area contributed by atoms with Crippen LogP contribution in [0, 0.1) is 11.8 Å². The largest absolute Gasteiger partial charge is 0.378 e. The topological polar surface area (TPSA) is 103 Å². The van der Waals surface area contributed by atoms with Crippen molar-refractivity contribution in [3.05, 3.63) is 0 Å². The van der Waals surface area contributed by atoms with Gasteiger partial charge >= 0.3 is 0 Å². The van der Waals surface area contributed by atoms with Gasteiger partial charge in [-0.3, -0.25) is 9.59 Å². The molecule has 0 fully saturated rings. The maximum Gasteiger partial charge on any atom is 0.242 e. The number of nitrogens with two attached hydrogens (primary N) is 1. The van der Waals surface area contributed by atoms with Crippen LogP contribution in [0.3, 0.4) is 0 Å². The van der Waals surface area contributed by atoms with E-state index in [9.17, 15) is 9.59 Å². The molecular weight excluding hydrogens is 430 g/mol. The molecule has 0 aliphatic carbocycles. The molecule has 0 aliphatic rings. The maximum absolute atomic E-state index is 12.5. The second-order valence-corrected chi connectivity index (χ2v) is 10.2. The summed E-state index contributed by atoms with van der Waals surface area (Å²) in [5, 5.41) is 5.81. The van der Waals surface area contributed by atoms with E-state index in [1.807, 2.05) is 0 Å². The van der Waals surface area contributed by atoms with Gasteiger partial charge in [-0.15, -0.1) is 0 Å². The standard InChI is InChI=1S/C27H55N3O4/c1-23(2)14-12-10-8-6-5-7-9-11-13-15-26(31)30-25(22-24(3)4)27(32)29-17-19-34-21-20-33-18-16-28/h23-25H,5-22,28H2,1-4H3,(H,29,32)(H,30,31). The highest BCUT2D eigenvalue weighted by atomic mass is 16.5. The van der Waals surface area contributed by atoms with E-state index in [1.54, 1.807) is 0 Å². The van der Waals surface area contributed by atoms with Crippen molar-refractivity contribution in [2.45, 2.75) is 111 Å². The van der Waals surface area contributed by atoms with E-state index in [-0.39, 0.29) is 11.8 Å². The van der Waals surface area contributed by atoms with Crippen LogP contribution in [0.15, 0.2) is 0 Å². The van der Waals surface area contributed by atoms with E-state index in [0.717, 1.165) is 18.8 Å². The van der Waals surface area contributed by atoms with Crippen molar-refractivity contribution < 1.29 is 19.1 Å². The highest BCUT2D eigenvalue weighted by molar-refractivity contribution is 5.87. The molecule has 0 aromatic carbocycles. The Kier molecular flexibility index (Phi) is 22.7. The molecule has 202 valence electrons. The fourth-order valence-corrected chi connectivity index (χ4v) is 3.82. The van der Waals surface area contributed by atoms with Crippen molar-refractivity contribution in [1.29, 1.82) is 0 Å². The summed E-state index contributed by atoms with van der Waals surface area (Å²) in [7, 11) is 0.